The van der Waals surface area contributed by atoms with E-state index >= 15 is 0 Å². The summed E-state index contributed by atoms with van der Waals surface area (Å²) in [5.41, 5.74) is 3.98. The van der Waals surface area contributed by atoms with Gasteiger partial charge < -0.3 is 20.5 Å². The van der Waals surface area contributed by atoms with Gasteiger partial charge in [0.2, 0.25) is 0 Å². The second kappa shape index (κ2) is 8.90. The minimum absolute atomic E-state index is 0.00992. The highest BCUT2D eigenvalue weighted by atomic mass is 16.5. The van der Waals surface area contributed by atoms with E-state index in [1.165, 1.54) is 10.9 Å². The molecule has 0 radical (unpaired) electrons. The molecule has 3 N–H and O–H groups in total. The van der Waals surface area contributed by atoms with Crippen LogP contribution in [-0.2, 0) is 23.1 Å². The van der Waals surface area contributed by atoms with Crippen molar-refractivity contribution >= 4 is 18.0 Å². The molecule has 0 unspecified atom stereocenters. The zero-order chi connectivity index (χ0) is 24.6. The summed E-state index contributed by atoms with van der Waals surface area (Å²) in [6.07, 6.45) is 2.29. The molecule has 1 fully saturated rings. The number of alkyl carbamates (subject to hydrolysis) is 1. The van der Waals surface area contributed by atoms with Crippen LogP contribution in [0, 0.1) is 0 Å². The lowest BCUT2D eigenvalue weighted by atomic mass is 9.76. The highest BCUT2D eigenvalue weighted by Gasteiger charge is 2.46. The molecule has 2 aromatic carbocycles. The number of carbonyl (C=O) groups is 3. The monoisotopic (exact) mass is 474 g/mol. The number of aromatic nitrogens is 2. The molecule has 2 aliphatic rings. The smallest absolute Gasteiger partial charge is 0.407 e. The Bertz CT molecular complexity index is 1270. The lowest BCUT2D eigenvalue weighted by Crippen LogP contribution is -2.59. The number of amides is 2. The molecule has 9 nitrogen and oxygen atoms in total. The third-order valence-electron chi connectivity index (χ3n) is 7.02. The van der Waals surface area contributed by atoms with Gasteiger partial charge in [0, 0.05) is 13.0 Å². The van der Waals surface area contributed by atoms with Crippen molar-refractivity contribution in [3.8, 4) is 11.1 Å². The average Bonchev–Trinajstić information content (AvgIpc) is 3.36. The fraction of sp³-hybridized carbons (Fsp3) is 0.308. The number of ether oxygens (including phenoxy) is 1. The van der Waals surface area contributed by atoms with Crippen LogP contribution in [0.4, 0.5) is 4.79 Å². The van der Waals surface area contributed by atoms with Crippen LogP contribution in [0.15, 0.2) is 54.7 Å². The lowest BCUT2D eigenvalue weighted by molar-refractivity contribution is -0.148. The Balaban J connectivity index is 1.22. The van der Waals surface area contributed by atoms with Crippen molar-refractivity contribution in [2.75, 3.05) is 6.61 Å². The summed E-state index contributed by atoms with van der Waals surface area (Å²) in [4.78, 5) is 36.9. The first-order valence-corrected chi connectivity index (χ1v) is 11.6. The van der Waals surface area contributed by atoms with Crippen LogP contribution < -0.4 is 10.6 Å². The van der Waals surface area contributed by atoms with E-state index in [4.69, 9.17) is 4.74 Å². The van der Waals surface area contributed by atoms with Gasteiger partial charge in [-0.3, -0.25) is 9.48 Å². The van der Waals surface area contributed by atoms with Gasteiger partial charge in [-0.15, -0.1) is 0 Å². The number of nitrogens with one attached hydrogen (secondary N) is 2. The minimum Gasteiger partial charge on any atom is -0.480 e. The van der Waals surface area contributed by atoms with Gasteiger partial charge in [-0.1, -0.05) is 48.5 Å². The Morgan fingerprint density at radius 3 is 2.29 bits per heavy atom. The van der Waals surface area contributed by atoms with E-state index in [-0.39, 0.29) is 24.6 Å². The zero-order valence-electron chi connectivity index (χ0n) is 19.3. The van der Waals surface area contributed by atoms with E-state index in [2.05, 4.69) is 27.9 Å². The molecule has 0 bridgehead atoms. The number of carbonyl (C=O) groups excluding carboxylic acids is 2. The Kier molecular flexibility index (Phi) is 5.76. The molecule has 0 atom stereocenters. The predicted octanol–water partition coefficient (Wildman–Crippen LogP) is 3.20. The van der Waals surface area contributed by atoms with Gasteiger partial charge in [0.15, 0.2) is 0 Å². The summed E-state index contributed by atoms with van der Waals surface area (Å²) in [6, 6.07) is 16.2. The van der Waals surface area contributed by atoms with Crippen LogP contribution in [0.2, 0.25) is 0 Å². The van der Waals surface area contributed by atoms with Crippen molar-refractivity contribution in [3.63, 3.8) is 0 Å². The number of carboxylic acid groups (broad SMARTS) is 1. The maximum atomic E-state index is 12.8. The van der Waals surface area contributed by atoms with Crippen LogP contribution in [-0.4, -0.2) is 45.0 Å². The Morgan fingerprint density at radius 2 is 1.71 bits per heavy atom. The molecule has 0 spiro atoms. The number of nitrogens with zero attached hydrogens (tertiary/aromatic N) is 2. The van der Waals surface area contributed by atoms with Gasteiger partial charge in [0.05, 0.1) is 24.0 Å². The first kappa shape index (κ1) is 22.6. The summed E-state index contributed by atoms with van der Waals surface area (Å²) in [5, 5.41) is 18.9. The van der Waals surface area contributed by atoms with Gasteiger partial charge in [-0.25, -0.2) is 9.59 Å². The summed E-state index contributed by atoms with van der Waals surface area (Å²) in [6.45, 7) is 0.190. The molecule has 9 heteroatoms. The molecule has 0 aliphatic heterocycles. The topological polar surface area (TPSA) is 123 Å². The Morgan fingerprint density at radius 1 is 1.09 bits per heavy atom. The highest BCUT2D eigenvalue weighted by Crippen LogP contribution is 2.44. The van der Waals surface area contributed by atoms with Crippen molar-refractivity contribution in [3.05, 3.63) is 77.1 Å². The van der Waals surface area contributed by atoms with Gasteiger partial charge in [0.25, 0.3) is 5.91 Å². The molecule has 1 heterocycles. The number of hydrogen-bond acceptors (Lipinski definition) is 5. The lowest BCUT2D eigenvalue weighted by Gasteiger charge is -2.38. The van der Waals surface area contributed by atoms with Gasteiger partial charge >= 0.3 is 12.1 Å². The SMILES string of the molecule is Cn1ncc(C(=O)NC2(C(=O)O)CCC2)c1CNC(=O)OCC1c2ccccc2-c2ccccc21. The third kappa shape index (κ3) is 4.03. The van der Waals surface area contributed by atoms with Crippen LogP contribution in [0.5, 0.6) is 0 Å². The zero-order valence-corrected chi connectivity index (χ0v) is 19.3. The first-order valence-electron chi connectivity index (χ1n) is 11.6. The number of aliphatic carboxylic acids is 1. The van der Waals surface area contributed by atoms with E-state index in [1.54, 1.807) is 7.05 Å². The highest BCUT2D eigenvalue weighted by molar-refractivity contribution is 5.99. The molecule has 1 aromatic heterocycles. The van der Waals surface area contributed by atoms with Crippen LogP contribution in [0.1, 0.15) is 52.4 Å². The van der Waals surface area contributed by atoms with Gasteiger partial charge in [0.1, 0.15) is 12.1 Å². The first-order chi connectivity index (χ1) is 16.9. The third-order valence-corrected chi connectivity index (χ3v) is 7.02. The quantitative estimate of drug-likeness (QED) is 0.483. The number of benzene rings is 2. The van der Waals surface area contributed by atoms with Crippen molar-refractivity contribution in [2.45, 2.75) is 37.3 Å². The molecule has 1 saturated carbocycles. The van der Waals surface area contributed by atoms with Crippen molar-refractivity contribution in [2.24, 2.45) is 7.05 Å². The molecule has 5 rings (SSSR count). The average molecular weight is 475 g/mol. The maximum Gasteiger partial charge on any atom is 0.407 e. The van der Waals surface area contributed by atoms with Gasteiger partial charge in [-0.05, 0) is 41.5 Å². The van der Waals surface area contributed by atoms with Crippen LogP contribution in [0.25, 0.3) is 11.1 Å². The number of fused-ring (bicyclic) bond motifs is 3. The fourth-order valence-corrected chi connectivity index (χ4v) is 4.87. The van der Waals surface area contributed by atoms with Crippen LogP contribution in [0.3, 0.4) is 0 Å². The van der Waals surface area contributed by atoms with E-state index in [9.17, 15) is 19.5 Å². The van der Waals surface area contributed by atoms with Crippen LogP contribution >= 0.6 is 0 Å². The van der Waals surface area contributed by atoms with E-state index in [1.807, 2.05) is 36.4 Å². The van der Waals surface area contributed by atoms with Gasteiger partial charge in [-0.2, -0.15) is 5.10 Å². The van der Waals surface area contributed by atoms with Crippen molar-refractivity contribution in [1.29, 1.82) is 0 Å². The predicted molar refractivity (Wildman–Crippen MR) is 127 cm³/mol. The number of hydrogen-bond donors (Lipinski definition) is 3. The second-order valence-corrected chi connectivity index (χ2v) is 9.00. The fourth-order valence-electron chi connectivity index (χ4n) is 4.87. The summed E-state index contributed by atoms with van der Waals surface area (Å²) in [7, 11) is 1.65. The largest absolute Gasteiger partial charge is 0.480 e. The van der Waals surface area contributed by atoms with Crippen molar-refractivity contribution < 1.29 is 24.2 Å². The van der Waals surface area contributed by atoms with E-state index < -0.39 is 23.5 Å². The Hall–Kier alpha value is -4.14. The normalized spacial score (nSPS) is 15.5. The number of aryl methyl sites for hydroxylation is 1. The molecule has 35 heavy (non-hydrogen) atoms. The molecular weight excluding hydrogens is 448 g/mol. The number of rotatable bonds is 7. The molecule has 2 amide bonds. The molecule has 0 saturated heterocycles. The molecule has 3 aromatic rings. The minimum atomic E-state index is -1.23. The summed E-state index contributed by atoms with van der Waals surface area (Å²) in [5.74, 6) is -1.62. The number of carboxylic acids is 1. The molecular formula is C26H26N4O5. The second-order valence-electron chi connectivity index (χ2n) is 9.00. The van der Waals surface area contributed by atoms with Crippen molar-refractivity contribution in [1.82, 2.24) is 20.4 Å². The van der Waals surface area contributed by atoms with E-state index in [0.29, 0.717) is 18.5 Å². The summed E-state index contributed by atoms with van der Waals surface area (Å²) >= 11 is 0. The standard InChI is InChI=1S/C26H26N4O5/c1-30-22(20(13-28-30)23(31)29-26(24(32)33)11-6-12-26)14-27-25(34)35-15-21-18-9-4-2-7-16(18)17-8-3-5-10-19(17)21/h2-5,7-10,13,21H,6,11-12,14-15H2,1H3,(H,27,34)(H,29,31)(H,32,33). The Labute approximate surface area is 202 Å². The maximum absolute atomic E-state index is 12.8. The van der Waals surface area contributed by atoms with E-state index in [0.717, 1.165) is 28.7 Å². The molecule has 2 aliphatic carbocycles. The summed E-state index contributed by atoms with van der Waals surface area (Å²) < 4.78 is 7.04. The molecule has 180 valence electrons.